The Morgan fingerprint density at radius 1 is 0.846 bits per heavy atom. The number of rotatable bonds is 10. The van der Waals surface area contributed by atoms with Crippen LogP contribution in [0.1, 0.15) is 31.9 Å². The van der Waals surface area contributed by atoms with Gasteiger partial charge in [-0.25, -0.2) is 0 Å². The van der Waals surface area contributed by atoms with E-state index in [9.17, 15) is 4.79 Å². The number of nitrogens with zero attached hydrogens (tertiary/aromatic N) is 2. The van der Waals surface area contributed by atoms with Crippen molar-refractivity contribution in [1.29, 1.82) is 0 Å². The monoisotopic (exact) mass is 353 g/mol. The minimum atomic E-state index is 0.0494. The molecule has 1 amide bonds. The van der Waals surface area contributed by atoms with Gasteiger partial charge in [0.2, 0.25) is 5.91 Å². The van der Waals surface area contributed by atoms with Crippen molar-refractivity contribution in [2.75, 3.05) is 31.1 Å². The Hall–Kier alpha value is -2.33. The number of hydrogen-bond donors (Lipinski definition) is 1. The molecule has 0 radical (unpaired) electrons. The second-order valence-corrected chi connectivity index (χ2v) is 6.36. The number of amides is 1. The van der Waals surface area contributed by atoms with E-state index < -0.39 is 0 Å². The summed E-state index contributed by atoms with van der Waals surface area (Å²) in [7, 11) is 0. The van der Waals surface area contributed by atoms with E-state index in [2.05, 4.69) is 54.1 Å². The fourth-order valence-electron chi connectivity index (χ4n) is 3.02. The van der Waals surface area contributed by atoms with Gasteiger partial charge in [-0.05, 0) is 43.3 Å². The molecule has 26 heavy (non-hydrogen) atoms. The first-order chi connectivity index (χ1) is 12.7. The Labute approximate surface area is 157 Å². The third-order valence-electron chi connectivity index (χ3n) is 4.72. The van der Waals surface area contributed by atoms with Crippen molar-refractivity contribution in [3.05, 3.63) is 65.7 Å². The van der Waals surface area contributed by atoms with E-state index in [4.69, 9.17) is 0 Å². The van der Waals surface area contributed by atoms with Crippen molar-refractivity contribution in [3.63, 3.8) is 0 Å². The van der Waals surface area contributed by atoms with E-state index >= 15 is 0 Å². The number of carbonyl (C=O) groups excluding carboxylic acids is 1. The van der Waals surface area contributed by atoms with Crippen LogP contribution in [-0.2, 0) is 17.9 Å². The van der Waals surface area contributed by atoms with Crippen LogP contribution < -0.4 is 10.2 Å². The summed E-state index contributed by atoms with van der Waals surface area (Å²) in [6.45, 7) is 11.1. The lowest BCUT2D eigenvalue weighted by Crippen LogP contribution is -2.37. The zero-order chi connectivity index (χ0) is 18.8. The average Bonchev–Trinajstić information content (AvgIpc) is 2.70. The molecular weight excluding hydrogens is 322 g/mol. The number of hydrogen-bond acceptors (Lipinski definition) is 3. The first-order valence-corrected chi connectivity index (χ1v) is 9.53. The molecule has 2 aromatic carbocycles. The Kier molecular flexibility index (Phi) is 8.16. The standard InChI is InChI=1S/C22H31N3O/c1-4-24(5-2)17-20-13-11-10-12-19(20)16-23-22(26)18-25(6-3)21-14-8-7-9-15-21/h7-15H,4-6,16-18H2,1-3H3,(H,23,26). The Balaban J connectivity index is 1.95. The van der Waals surface area contributed by atoms with Crippen molar-refractivity contribution in [2.45, 2.75) is 33.9 Å². The van der Waals surface area contributed by atoms with Gasteiger partial charge in [0.05, 0.1) is 6.54 Å². The van der Waals surface area contributed by atoms with Gasteiger partial charge in [0.15, 0.2) is 0 Å². The van der Waals surface area contributed by atoms with Crippen molar-refractivity contribution in [3.8, 4) is 0 Å². The SMILES string of the molecule is CCN(CC)Cc1ccccc1CNC(=O)CN(CC)c1ccccc1. The molecule has 2 rings (SSSR count). The van der Waals surface area contributed by atoms with Gasteiger partial charge in [0, 0.05) is 25.3 Å². The zero-order valence-electron chi connectivity index (χ0n) is 16.2. The summed E-state index contributed by atoms with van der Waals surface area (Å²) in [5, 5.41) is 3.08. The van der Waals surface area contributed by atoms with Gasteiger partial charge >= 0.3 is 0 Å². The summed E-state index contributed by atoms with van der Waals surface area (Å²) in [4.78, 5) is 16.9. The van der Waals surface area contributed by atoms with Crippen LogP contribution in [0.25, 0.3) is 0 Å². The first-order valence-electron chi connectivity index (χ1n) is 9.53. The normalized spacial score (nSPS) is 10.8. The molecule has 0 atom stereocenters. The summed E-state index contributed by atoms with van der Waals surface area (Å²) in [6, 6.07) is 18.4. The summed E-state index contributed by atoms with van der Waals surface area (Å²) in [6.07, 6.45) is 0. The smallest absolute Gasteiger partial charge is 0.239 e. The number of benzene rings is 2. The maximum absolute atomic E-state index is 12.4. The average molecular weight is 354 g/mol. The molecule has 0 heterocycles. The molecule has 1 N–H and O–H groups in total. The van der Waals surface area contributed by atoms with Crippen molar-refractivity contribution in [1.82, 2.24) is 10.2 Å². The fraction of sp³-hybridized carbons (Fsp3) is 0.409. The molecule has 0 aromatic heterocycles. The molecule has 2 aromatic rings. The quantitative estimate of drug-likeness (QED) is 0.708. The van der Waals surface area contributed by atoms with Gasteiger partial charge in [-0.1, -0.05) is 56.3 Å². The van der Waals surface area contributed by atoms with Crippen molar-refractivity contribution < 1.29 is 4.79 Å². The Morgan fingerprint density at radius 3 is 2.08 bits per heavy atom. The van der Waals surface area contributed by atoms with Gasteiger partial charge in [-0.15, -0.1) is 0 Å². The van der Waals surface area contributed by atoms with E-state index in [-0.39, 0.29) is 5.91 Å². The molecule has 0 spiro atoms. The van der Waals surface area contributed by atoms with Crippen molar-refractivity contribution in [2.24, 2.45) is 0 Å². The van der Waals surface area contributed by atoms with Crippen LogP contribution >= 0.6 is 0 Å². The molecule has 0 saturated heterocycles. The van der Waals surface area contributed by atoms with Gasteiger partial charge in [-0.2, -0.15) is 0 Å². The lowest BCUT2D eigenvalue weighted by atomic mass is 10.1. The maximum Gasteiger partial charge on any atom is 0.239 e. The van der Waals surface area contributed by atoms with Crippen LogP contribution in [0.5, 0.6) is 0 Å². The first kappa shape index (κ1) is 20.0. The zero-order valence-corrected chi connectivity index (χ0v) is 16.2. The summed E-state index contributed by atoms with van der Waals surface area (Å²) >= 11 is 0. The molecule has 0 saturated carbocycles. The van der Waals surface area contributed by atoms with Gasteiger partial charge in [-0.3, -0.25) is 9.69 Å². The van der Waals surface area contributed by atoms with Crippen LogP contribution in [-0.4, -0.2) is 37.0 Å². The highest BCUT2D eigenvalue weighted by molar-refractivity contribution is 5.81. The van der Waals surface area contributed by atoms with Crippen molar-refractivity contribution >= 4 is 11.6 Å². The molecule has 4 heteroatoms. The van der Waals surface area contributed by atoms with E-state index in [1.54, 1.807) is 0 Å². The molecule has 0 fully saturated rings. The van der Waals surface area contributed by atoms with Crippen LogP contribution in [0.2, 0.25) is 0 Å². The lowest BCUT2D eigenvalue weighted by Gasteiger charge is -2.23. The van der Waals surface area contributed by atoms with E-state index in [0.29, 0.717) is 13.1 Å². The van der Waals surface area contributed by atoms with Gasteiger partial charge < -0.3 is 10.2 Å². The topological polar surface area (TPSA) is 35.6 Å². The van der Waals surface area contributed by atoms with E-state index in [1.807, 2.05) is 36.4 Å². The van der Waals surface area contributed by atoms with Gasteiger partial charge in [0.1, 0.15) is 0 Å². The minimum Gasteiger partial charge on any atom is -0.363 e. The van der Waals surface area contributed by atoms with Crippen LogP contribution in [0, 0.1) is 0 Å². The number of anilines is 1. The second-order valence-electron chi connectivity index (χ2n) is 6.36. The largest absolute Gasteiger partial charge is 0.363 e. The fourth-order valence-corrected chi connectivity index (χ4v) is 3.02. The minimum absolute atomic E-state index is 0.0494. The van der Waals surface area contributed by atoms with E-state index in [0.717, 1.165) is 31.9 Å². The molecule has 0 bridgehead atoms. The van der Waals surface area contributed by atoms with Crippen LogP contribution in [0.3, 0.4) is 0 Å². The molecule has 140 valence electrons. The molecule has 4 nitrogen and oxygen atoms in total. The van der Waals surface area contributed by atoms with E-state index in [1.165, 1.54) is 11.1 Å². The highest BCUT2D eigenvalue weighted by Crippen LogP contribution is 2.13. The molecule has 0 aliphatic rings. The third kappa shape index (κ3) is 5.88. The maximum atomic E-state index is 12.4. The highest BCUT2D eigenvalue weighted by atomic mass is 16.2. The summed E-state index contributed by atoms with van der Waals surface area (Å²) in [5.74, 6) is 0.0494. The van der Waals surface area contributed by atoms with Crippen LogP contribution in [0.4, 0.5) is 5.69 Å². The summed E-state index contributed by atoms with van der Waals surface area (Å²) < 4.78 is 0. The summed E-state index contributed by atoms with van der Waals surface area (Å²) in [5.41, 5.74) is 3.55. The molecular formula is C22H31N3O. The Bertz CT molecular complexity index is 668. The van der Waals surface area contributed by atoms with Gasteiger partial charge in [0.25, 0.3) is 0 Å². The number of carbonyl (C=O) groups is 1. The number of likely N-dealkylation sites (N-methyl/N-ethyl adjacent to an activating group) is 1. The predicted octanol–water partition coefficient (Wildman–Crippen LogP) is 3.67. The van der Waals surface area contributed by atoms with Crippen LogP contribution in [0.15, 0.2) is 54.6 Å². The second kappa shape index (κ2) is 10.6. The highest BCUT2D eigenvalue weighted by Gasteiger charge is 2.11. The Morgan fingerprint density at radius 2 is 1.46 bits per heavy atom. The molecule has 0 unspecified atom stereocenters. The molecule has 0 aliphatic heterocycles. The molecule has 0 aliphatic carbocycles. The number of para-hydroxylation sites is 1. The predicted molar refractivity (Wildman–Crippen MR) is 109 cm³/mol. The lowest BCUT2D eigenvalue weighted by molar-refractivity contribution is -0.119. The number of nitrogens with one attached hydrogen (secondary N) is 1. The third-order valence-corrected chi connectivity index (χ3v) is 4.72.